The SMILES string of the molecule is Cc1ccc(P(=O)(O)OCC2CCCCC2)cc1. The van der Waals surface area contributed by atoms with E-state index in [0.717, 1.165) is 18.4 Å². The molecule has 1 fully saturated rings. The van der Waals surface area contributed by atoms with Gasteiger partial charge in [0.25, 0.3) is 0 Å². The predicted molar refractivity (Wildman–Crippen MR) is 73.2 cm³/mol. The minimum absolute atomic E-state index is 0.393. The van der Waals surface area contributed by atoms with Gasteiger partial charge >= 0.3 is 7.60 Å². The van der Waals surface area contributed by atoms with Crippen LogP contribution in [0.3, 0.4) is 0 Å². The summed E-state index contributed by atoms with van der Waals surface area (Å²) in [7, 11) is -3.63. The first-order valence-corrected chi connectivity index (χ1v) is 8.20. The topological polar surface area (TPSA) is 46.5 Å². The molecule has 1 aromatic rings. The number of rotatable bonds is 4. The maximum atomic E-state index is 12.1. The van der Waals surface area contributed by atoms with E-state index in [1.54, 1.807) is 12.1 Å². The molecule has 0 aliphatic heterocycles. The second kappa shape index (κ2) is 6.01. The Balaban J connectivity index is 1.94. The normalized spacial score (nSPS) is 20.6. The summed E-state index contributed by atoms with van der Waals surface area (Å²) in [5.41, 5.74) is 1.08. The molecule has 4 heteroatoms. The van der Waals surface area contributed by atoms with Gasteiger partial charge in [0.2, 0.25) is 0 Å². The second-order valence-corrected chi connectivity index (χ2v) is 6.97. The molecule has 1 atom stereocenters. The van der Waals surface area contributed by atoms with Gasteiger partial charge in [-0.3, -0.25) is 4.57 Å². The maximum absolute atomic E-state index is 12.1. The molecule has 100 valence electrons. The molecule has 0 saturated heterocycles. The first kappa shape index (κ1) is 13.8. The van der Waals surface area contributed by atoms with Crippen LogP contribution in [-0.4, -0.2) is 11.5 Å². The molecule has 1 aliphatic carbocycles. The van der Waals surface area contributed by atoms with E-state index in [1.807, 2.05) is 19.1 Å². The Morgan fingerprint density at radius 1 is 1.22 bits per heavy atom. The molecule has 2 rings (SSSR count). The lowest BCUT2D eigenvalue weighted by Gasteiger charge is -2.22. The van der Waals surface area contributed by atoms with E-state index in [-0.39, 0.29) is 0 Å². The highest BCUT2D eigenvalue weighted by Gasteiger charge is 2.24. The van der Waals surface area contributed by atoms with Crippen molar-refractivity contribution < 1.29 is 14.0 Å². The van der Waals surface area contributed by atoms with Crippen LogP contribution >= 0.6 is 7.60 Å². The third kappa shape index (κ3) is 3.68. The van der Waals surface area contributed by atoms with Crippen molar-refractivity contribution in [3.8, 4) is 0 Å². The first-order chi connectivity index (χ1) is 8.58. The lowest BCUT2D eigenvalue weighted by Crippen LogP contribution is -2.15. The van der Waals surface area contributed by atoms with Gasteiger partial charge in [-0.05, 0) is 37.8 Å². The first-order valence-electron chi connectivity index (χ1n) is 6.62. The molecule has 1 N–H and O–H groups in total. The van der Waals surface area contributed by atoms with Crippen LogP contribution in [0.1, 0.15) is 37.7 Å². The highest BCUT2D eigenvalue weighted by molar-refractivity contribution is 7.61. The van der Waals surface area contributed by atoms with E-state index in [1.165, 1.54) is 19.3 Å². The van der Waals surface area contributed by atoms with Crippen LogP contribution in [0.2, 0.25) is 0 Å². The lowest BCUT2D eigenvalue weighted by molar-refractivity contribution is 0.191. The Hall–Kier alpha value is -0.630. The van der Waals surface area contributed by atoms with Gasteiger partial charge in [-0.25, -0.2) is 0 Å². The van der Waals surface area contributed by atoms with Gasteiger partial charge in [-0.1, -0.05) is 37.0 Å². The number of aryl methyl sites for hydroxylation is 1. The highest BCUT2D eigenvalue weighted by atomic mass is 31.2. The number of hydrogen-bond acceptors (Lipinski definition) is 2. The standard InChI is InChI=1S/C14H21O3P/c1-12-7-9-14(10-8-12)18(15,16)17-11-13-5-3-2-4-6-13/h7-10,13H,2-6,11H2,1H3,(H,15,16). The van der Waals surface area contributed by atoms with Gasteiger partial charge in [-0.2, -0.15) is 0 Å². The van der Waals surface area contributed by atoms with Crippen LogP contribution in [0.5, 0.6) is 0 Å². The zero-order valence-electron chi connectivity index (χ0n) is 10.8. The molecule has 0 radical (unpaired) electrons. The Kier molecular flexibility index (Phi) is 4.60. The zero-order valence-corrected chi connectivity index (χ0v) is 11.7. The molecule has 0 heterocycles. The van der Waals surface area contributed by atoms with Crippen molar-refractivity contribution in [3.63, 3.8) is 0 Å². The van der Waals surface area contributed by atoms with Crippen molar-refractivity contribution in [1.82, 2.24) is 0 Å². The predicted octanol–water partition coefficient (Wildman–Crippen LogP) is 3.40. The summed E-state index contributed by atoms with van der Waals surface area (Å²) < 4.78 is 17.4. The molecule has 0 amide bonds. The van der Waals surface area contributed by atoms with Crippen LogP contribution in [0, 0.1) is 12.8 Å². The summed E-state index contributed by atoms with van der Waals surface area (Å²) in [6, 6.07) is 7.03. The molecule has 0 aromatic heterocycles. The summed E-state index contributed by atoms with van der Waals surface area (Å²) in [6.45, 7) is 2.36. The third-order valence-electron chi connectivity index (χ3n) is 3.57. The van der Waals surface area contributed by atoms with Crippen molar-refractivity contribution in [3.05, 3.63) is 29.8 Å². The van der Waals surface area contributed by atoms with E-state index < -0.39 is 7.60 Å². The fourth-order valence-corrected chi connectivity index (χ4v) is 3.46. The Bertz CT molecular complexity index is 421. The lowest BCUT2D eigenvalue weighted by atomic mass is 9.90. The molecule has 1 unspecified atom stereocenters. The Labute approximate surface area is 109 Å². The molecule has 1 aromatic carbocycles. The zero-order chi connectivity index (χ0) is 13.0. The van der Waals surface area contributed by atoms with Crippen molar-refractivity contribution >= 4 is 12.9 Å². The summed E-state index contributed by atoms with van der Waals surface area (Å²) in [5, 5.41) is 0.393. The van der Waals surface area contributed by atoms with Crippen LogP contribution in [0.4, 0.5) is 0 Å². The average molecular weight is 268 g/mol. The fraction of sp³-hybridized carbons (Fsp3) is 0.571. The van der Waals surface area contributed by atoms with E-state index in [2.05, 4.69) is 0 Å². The van der Waals surface area contributed by atoms with Gasteiger partial charge < -0.3 is 9.42 Å². The highest BCUT2D eigenvalue weighted by Crippen LogP contribution is 2.42. The van der Waals surface area contributed by atoms with Crippen LogP contribution in [0.25, 0.3) is 0 Å². The summed E-state index contributed by atoms with van der Waals surface area (Å²) in [4.78, 5) is 9.94. The van der Waals surface area contributed by atoms with Crippen LogP contribution in [0.15, 0.2) is 24.3 Å². The third-order valence-corrected chi connectivity index (χ3v) is 5.02. The van der Waals surface area contributed by atoms with Crippen LogP contribution in [-0.2, 0) is 9.09 Å². The summed E-state index contributed by atoms with van der Waals surface area (Å²) in [5.74, 6) is 0.449. The molecule has 0 bridgehead atoms. The molecule has 0 spiro atoms. The number of benzene rings is 1. The van der Waals surface area contributed by atoms with Gasteiger partial charge in [-0.15, -0.1) is 0 Å². The average Bonchev–Trinajstić information content (AvgIpc) is 2.38. The second-order valence-electron chi connectivity index (χ2n) is 5.16. The Morgan fingerprint density at radius 3 is 2.44 bits per heavy atom. The van der Waals surface area contributed by atoms with Gasteiger partial charge in [0.05, 0.1) is 11.9 Å². The summed E-state index contributed by atoms with van der Waals surface area (Å²) >= 11 is 0. The maximum Gasteiger partial charge on any atom is 0.358 e. The fourth-order valence-electron chi connectivity index (χ4n) is 2.37. The van der Waals surface area contributed by atoms with E-state index >= 15 is 0 Å². The summed E-state index contributed by atoms with van der Waals surface area (Å²) in [6.07, 6.45) is 5.95. The van der Waals surface area contributed by atoms with Crippen molar-refractivity contribution in [1.29, 1.82) is 0 Å². The van der Waals surface area contributed by atoms with Gasteiger partial charge in [0.1, 0.15) is 0 Å². The molecular weight excluding hydrogens is 247 g/mol. The quantitative estimate of drug-likeness (QED) is 0.851. The van der Waals surface area contributed by atoms with Gasteiger partial charge in [0.15, 0.2) is 0 Å². The molecule has 1 saturated carbocycles. The Morgan fingerprint density at radius 2 is 1.83 bits per heavy atom. The minimum Gasteiger partial charge on any atom is -0.321 e. The van der Waals surface area contributed by atoms with Gasteiger partial charge in [0, 0.05) is 0 Å². The molecule has 18 heavy (non-hydrogen) atoms. The minimum atomic E-state index is -3.63. The molecule has 3 nitrogen and oxygen atoms in total. The smallest absolute Gasteiger partial charge is 0.321 e. The van der Waals surface area contributed by atoms with Crippen molar-refractivity contribution in [2.45, 2.75) is 39.0 Å². The molecule has 1 aliphatic rings. The van der Waals surface area contributed by atoms with Crippen molar-refractivity contribution in [2.24, 2.45) is 5.92 Å². The largest absolute Gasteiger partial charge is 0.358 e. The number of hydrogen-bond donors (Lipinski definition) is 1. The van der Waals surface area contributed by atoms with E-state index in [0.29, 0.717) is 17.8 Å². The molecular formula is C14H21O3P. The van der Waals surface area contributed by atoms with Crippen LogP contribution < -0.4 is 5.30 Å². The van der Waals surface area contributed by atoms with Crippen molar-refractivity contribution in [2.75, 3.05) is 6.61 Å². The van der Waals surface area contributed by atoms with E-state index in [4.69, 9.17) is 4.52 Å². The monoisotopic (exact) mass is 268 g/mol. The van der Waals surface area contributed by atoms with E-state index in [9.17, 15) is 9.46 Å².